The molecule has 1 aliphatic heterocycles. The van der Waals surface area contributed by atoms with Crippen LogP contribution in [0.25, 0.3) is 9.88 Å². The number of anilines is 3. The smallest absolute Gasteiger partial charge is 0.240 e. The summed E-state index contributed by atoms with van der Waals surface area (Å²) in [6.45, 7) is 4.32. The number of thiazole rings is 1. The zero-order chi connectivity index (χ0) is 28.0. The van der Waals surface area contributed by atoms with E-state index in [2.05, 4.69) is 38.2 Å². The standard InChI is InChI=1S/C26H31ClN8O2S3/c1-2-3-12-28-24-32-25(29-15-19-17-39-23(31-19)22-7-5-14-38-22)34-26(33-24)35-13-4-6-20(35)16-30-40(36,37)21-10-8-18(27)9-11-21/h5,7-11,14,17,20,30H,2-4,6,12-13,15-16H2,1H3,(H2,28,29,32,33,34)/t20-/m1/s1. The van der Waals surface area contributed by atoms with Crippen molar-refractivity contribution in [3.8, 4) is 9.88 Å². The minimum Gasteiger partial charge on any atom is -0.354 e. The molecule has 0 saturated carbocycles. The van der Waals surface area contributed by atoms with Crippen molar-refractivity contribution in [2.75, 3.05) is 35.2 Å². The summed E-state index contributed by atoms with van der Waals surface area (Å²) in [5.74, 6) is 1.45. The summed E-state index contributed by atoms with van der Waals surface area (Å²) in [5.41, 5.74) is 0.909. The van der Waals surface area contributed by atoms with Gasteiger partial charge in [0.25, 0.3) is 0 Å². The molecule has 1 aromatic carbocycles. The molecule has 0 radical (unpaired) electrons. The molecule has 0 bridgehead atoms. The van der Waals surface area contributed by atoms with E-state index >= 15 is 0 Å². The Morgan fingerprint density at radius 3 is 2.60 bits per heavy atom. The quantitative estimate of drug-likeness (QED) is 0.167. The molecule has 1 fully saturated rings. The largest absolute Gasteiger partial charge is 0.354 e. The van der Waals surface area contributed by atoms with Crippen LogP contribution in [-0.2, 0) is 16.6 Å². The van der Waals surface area contributed by atoms with Gasteiger partial charge in [0.15, 0.2) is 0 Å². The second-order valence-corrected chi connectivity index (χ2v) is 13.3. The molecule has 3 N–H and O–H groups in total. The van der Waals surface area contributed by atoms with E-state index in [9.17, 15) is 8.42 Å². The zero-order valence-electron chi connectivity index (χ0n) is 22.0. The van der Waals surface area contributed by atoms with E-state index in [1.165, 1.54) is 12.1 Å². The van der Waals surface area contributed by atoms with Gasteiger partial charge in [0.05, 0.1) is 22.0 Å². The van der Waals surface area contributed by atoms with Gasteiger partial charge in [-0.25, -0.2) is 18.1 Å². The molecule has 0 amide bonds. The second kappa shape index (κ2) is 13.2. The highest BCUT2D eigenvalue weighted by molar-refractivity contribution is 7.89. The lowest BCUT2D eigenvalue weighted by Crippen LogP contribution is -2.41. The summed E-state index contributed by atoms with van der Waals surface area (Å²) >= 11 is 9.20. The average molecular weight is 619 g/mol. The second-order valence-electron chi connectivity index (χ2n) is 9.33. The van der Waals surface area contributed by atoms with E-state index in [1.807, 2.05) is 16.8 Å². The number of halogens is 1. The number of aromatic nitrogens is 4. The number of nitrogens with one attached hydrogen (secondary N) is 3. The van der Waals surface area contributed by atoms with Gasteiger partial charge in [0.2, 0.25) is 27.9 Å². The fraction of sp³-hybridized carbons (Fsp3) is 0.385. The van der Waals surface area contributed by atoms with Crippen molar-refractivity contribution in [3.05, 3.63) is 57.9 Å². The van der Waals surface area contributed by atoms with Crippen molar-refractivity contribution < 1.29 is 8.42 Å². The summed E-state index contributed by atoms with van der Waals surface area (Å²) < 4.78 is 28.5. The van der Waals surface area contributed by atoms with E-state index < -0.39 is 10.0 Å². The number of thiophene rings is 1. The fourth-order valence-electron chi connectivity index (χ4n) is 4.31. The Balaban J connectivity index is 1.30. The average Bonchev–Trinajstić information content (AvgIpc) is 3.73. The van der Waals surface area contributed by atoms with Gasteiger partial charge in [-0.2, -0.15) is 15.0 Å². The van der Waals surface area contributed by atoms with Crippen LogP contribution in [0, 0.1) is 0 Å². The Hall–Kier alpha value is -2.84. The van der Waals surface area contributed by atoms with Crippen LogP contribution in [0.5, 0.6) is 0 Å². The lowest BCUT2D eigenvalue weighted by atomic mass is 10.2. The molecule has 0 unspecified atom stereocenters. The predicted octanol–water partition coefficient (Wildman–Crippen LogP) is 5.48. The Bertz CT molecular complexity index is 1500. The Kier molecular flexibility index (Phi) is 9.48. The third-order valence-corrected chi connectivity index (χ3v) is 10.0. The summed E-state index contributed by atoms with van der Waals surface area (Å²) in [6, 6.07) is 10.1. The van der Waals surface area contributed by atoms with Gasteiger partial charge in [-0.3, -0.25) is 0 Å². The molecule has 1 atom stereocenters. The molecular formula is C26H31ClN8O2S3. The summed E-state index contributed by atoms with van der Waals surface area (Å²) in [5, 5.41) is 12.2. The van der Waals surface area contributed by atoms with Gasteiger partial charge in [-0.1, -0.05) is 31.0 Å². The first kappa shape index (κ1) is 28.7. The van der Waals surface area contributed by atoms with E-state index in [-0.39, 0.29) is 17.5 Å². The molecule has 0 spiro atoms. The van der Waals surface area contributed by atoms with Crippen LogP contribution in [0.2, 0.25) is 5.02 Å². The Morgan fingerprint density at radius 1 is 1.05 bits per heavy atom. The van der Waals surface area contributed by atoms with Gasteiger partial charge in [0.1, 0.15) is 5.01 Å². The highest BCUT2D eigenvalue weighted by atomic mass is 35.5. The zero-order valence-corrected chi connectivity index (χ0v) is 25.2. The minimum absolute atomic E-state index is 0.0901. The van der Waals surface area contributed by atoms with Gasteiger partial charge in [-0.05, 0) is 55.0 Å². The van der Waals surface area contributed by atoms with Crippen LogP contribution in [0.15, 0.2) is 52.1 Å². The van der Waals surface area contributed by atoms with Crippen LogP contribution >= 0.6 is 34.3 Å². The summed E-state index contributed by atoms with van der Waals surface area (Å²) in [7, 11) is -3.67. The molecule has 10 nitrogen and oxygen atoms in total. The molecule has 40 heavy (non-hydrogen) atoms. The van der Waals surface area contributed by atoms with Crippen molar-refractivity contribution in [1.82, 2.24) is 24.7 Å². The number of nitrogens with zero attached hydrogens (tertiary/aromatic N) is 5. The van der Waals surface area contributed by atoms with E-state index in [4.69, 9.17) is 26.6 Å². The Morgan fingerprint density at radius 2 is 1.85 bits per heavy atom. The number of unbranched alkanes of at least 4 members (excludes halogenated alkanes) is 1. The van der Waals surface area contributed by atoms with Crippen LogP contribution in [0.1, 0.15) is 38.3 Å². The topological polar surface area (TPSA) is 125 Å². The monoisotopic (exact) mass is 618 g/mol. The molecule has 14 heteroatoms. The lowest BCUT2D eigenvalue weighted by Gasteiger charge is -2.25. The number of rotatable bonds is 13. The first-order valence-electron chi connectivity index (χ1n) is 13.2. The summed E-state index contributed by atoms with van der Waals surface area (Å²) in [6.07, 6.45) is 3.77. The van der Waals surface area contributed by atoms with E-state index in [0.29, 0.717) is 29.4 Å². The molecule has 4 aromatic rings. The van der Waals surface area contributed by atoms with Crippen LogP contribution in [0.3, 0.4) is 0 Å². The first-order chi connectivity index (χ1) is 19.4. The molecule has 4 heterocycles. The van der Waals surface area contributed by atoms with Crippen LogP contribution in [0.4, 0.5) is 17.8 Å². The number of hydrogen-bond acceptors (Lipinski definition) is 11. The summed E-state index contributed by atoms with van der Waals surface area (Å²) in [4.78, 5) is 22.1. The van der Waals surface area contributed by atoms with Crippen LogP contribution in [-0.4, -0.2) is 54.0 Å². The maximum absolute atomic E-state index is 12.9. The maximum atomic E-state index is 12.9. The predicted molar refractivity (Wildman–Crippen MR) is 163 cm³/mol. The number of hydrogen-bond donors (Lipinski definition) is 3. The highest BCUT2D eigenvalue weighted by Crippen LogP contribution is 2.28. The van der Waals surface area contributed by atoms with Crippen molar-refractivity contribution in [1.29, 1.82) is 0 Å². The third kappa shape index (κ3) is 7.26. The Labute approximate surface area is 247 Å². The molecule has 3 aromatic heterocycles. The number of benzene rings is 1. The van der Waals surface area contributed by atoms with Gasteiger partial charge in [-0.15, -0.1) is 22.7 Å². The van der Waals surface area contributed by atoms with Crippen molar-refractivity contribution in [2.24, 2.45) is 0 Å². The lowest BCUT2D eigenvalue weighted by molar-refractivity contribution is 0.565. The first-order valence-corrected chi connectivity index (χ1v) is 16.8. The molecular weight excluding hydrogens is 588 g/mol. The number of sulfonamides is 1. The minimum atomic E-state index is -3.67. The molecule has 0 aliphatic carbocycles. The SMILES string of the molecule is CCCCNc1nc(NCc2csc(-c3cccs3)n2)nc(N2CCC[C@@H]2CNS(=O)(=O)c2ccc(Cl)cc2)n1. The van der Waals surface area contributed by atoms with Gasteiger partial charge in [0, 0.05) is 36.1 Å². The third-order valence-electron chi connectivity index (χ3n) is 6.42. The van der Waals surface area contributed by atoms with Gasteiger partial charge >= 0.3 is 0 Å². The molecule has 1 aliphatic rings. The maximum Gasteiger partial charge on any atom is 0.240 e. The van der Waals surface area contributed by atoms with E-state index in [0.717, 1.165) is 54.4 Å². The fourth-order valence-corrected chi connectivity index (χ4v) is 7.15. The molecule has 5 rings (SSSR count). The van der Waals surface area contributed by atoms with Crippen molar-refractivity contribution in [3.63, 3.8) is 0 Å². The van der Waals surface area contributed by atoms with Crippen molar-refractivity contribution in [2.45, 2.75) is 50.1 Å². The molecule has 1 saturated heterocycles. The van der Waals surface area contributed by atoms with Crippen molar-refractivity contribution >= 4 is 62.1 Å². The highest BCUT2D eigenvalue weighted by Gasteiger charge is 2.29. The molecule has 212 valence electrons. The van der Waals surface area contributed by atoms with Gasteiger partial charge < -0.3 is 15.5 Å². The van der Waals surface area contributed by atoms with Crippen LogP contribution < -0.4 is 20.3 Å². The normalized spacial score (nSPS) is 15.4. The van der Waals surface area contributed by atoms with E-state index in [1.54, 1.807) is 34.8 Å².